The maximum Gasteiger partial charge on any atom is 0.270 e. The van der Waals surface area contributed by atoms with Crippen LogP contribution in [0.15, 0.2) is 17.0 Å². The molecule has 122 valence electrons. The van der Waals surface area contributed by atoms with E-state index in [1.54, 1.807) is 13.8 Å². The third-order valence-electron chi connectivity index (χ3n) is 4.23. The smallest absolute Gasteiger partial charge is 0.270 e. The highest BCUT2D eigenvalue weighted by atomic mass is 32.2. The second-order valence-corrected chi connectivity index (χ2v) is 7.58. The summed E-state index contributed by atoms with van der Waals surface area (Å²) in [6.45, 7) is 3.38. The average molecular weight is 327 g/mol. The molecule has 1 aromatic carbocycles. The molecule has 1 aliphatic rings. The predicted octanol–water partition coefficient (Wildman–Crippen LogP) is 1.76. The van der Waals surface area contributed by atoms with Crippen molar-refractivity contribution in [2.24, 2.45) is 5.73 Å². The van der Waals surface area contributed by atoms with Crippen molar-refractivity contribution >= 4 is 15.7 Å². The molecule has 0 amide bonds. The number of hydrogen-bond donors (Lipinski definition) is 2. The number of rotatable bonds is 5. The van der Waals surface area contributed by atoms with Crippen LogP contribution in [0, 0.1) is 24.0 Å². The fourth-order valence-electron chi connectivity index (χ4n) is 3.19. The number of nitro benzene ring substituents is 1. The van der Waals surface area contributed by atoms with Gasteiger partial charge in [-0.25, -0.2) is 13.1 Å². The molecular formula is C14H21N3O4S. The van der Waals surface area contributed by atoms with Gasteiger partial charge in [0.25, 0.3) is 5.69 Å². The van der Waals surface area contributed by atoms with Crippen LogP contribution in [0.1, 0.15) is 36.8 Å². The van der Waals surface area contributed by atoms with E-state index in [0.717, 1.165) is 12.8 Å². The van der Waals surface area contributed by atoms with E-state index in [-0.39, 0.29) is 17.1 Å². The van der Waals surface area contributed by atoms with Gasteiger partial charge in [-0.15, -0.1) is 0 Å². The van der Waals surface area contributed by atoms with E-state index in [0.29, 0.717) is 24.0 Å². The Hall–Kier alpha value is -1.51. The highest BCUT2D eigenvalue weighted by Gasteiger charge is 2.37. The summed E-state index contributed by atoms with van der Waals surface area (Å²) in [4.78, 5) is 10.4. The van der Waals surface area contributed by atoms with Crippen LogP contribution in [0.2, 0.25) is 0 Å². The Balaban J connectivity index is 2.44. The molecule has 7 nitrogen and oxygen atoms in total. The maximum absolute atomic E-state index is 12.7. The maximum atomic E-state index is 12.7. The van der Waals surface area contributed by atoms with Crippen LogP contribution < -0.4 is 10.5 Å². The highest BCUT2D eigenvalue weighted by Crippen LogP contribution is 2.32. The lowest BCUT2D eigenvalue weighted by molar-refractivity contribution is -0.385. The first-order valence-corrected chi connectivity index (χ1v) is 8.69. The van der Waals surface area contributed by atoms with E-state index in [1.807, 2.05) is 0 Å². The largest absolute Gasteiger partial charge is 0.329 e. The molecule has 3 N–H and O–H groups in total. The summed E-state index contributed by atoms with van der Waals surface area (Å²) in [5.74, 6) is 0. The molecule has 0 heterocycles. The molecule has 0 aromatic heterocycles. The molecule has 0 saturated heterocycles. The molecule has 0 radical (unpaired) electrons. The predicted molar refractivity (Wildman–Crippen MR) is 83.1 cm³/mol. The van der Waals surface area contributed by atoms with Crippen molar-refractivity contribution < 1.29 is 13.3 Å². The number of nitrogens with zero attached hydrogens (tertiary/aromatic N) is 1. The fourth-order valence-corrected chi connectivity index (χ4v) is 5.12. The molecular weight excluding hydrogens is 306 g/mol. The monoisotopic (exact) mass is 327 g/mol. The first-order chi connectivity index (χ1) is 10.2. The molecule has 1 fully saturated rings. The fraction of sp³-hybridized carbons (Fsp3) is 0.571. The standard InChI is InChI=1S/C14H21N3O4S/c1-10-7-12(17(18)19)8-11(2)13(10)22(20,21)16-14(9-15)5-3-4-6-14/h7-8,16H,3-6,9,15H2,1-2H3. The highest BCUT2D eigenvalue weighted by molar-refractivity contribution is 7.89. The van der Waals surface area contributed by atoms with Gasteiger partial charge in [0.2, 0.25) is 10.0 Å². The first-order valence-electron chi connectivity index (χ1n) is 7.20. The lowest BCUT2D eigenvalue weighted by atomic mass is 10.0. The Morgan fingerprint density at radius 2 is 1.77 bits per heavy atom. The minimum Gasteiger partial charge on any atom is -0.329 e. The number of nitrogens with one attached hydrogen (secondary N) is 1. The summed E-state index contributed by atoms with van der Waals surface area (Å²) < 4.78 is 28.2. The summed E-state index contributed by atoms with van der Waals surface area (Å²) in [6.07, 6.45) is 3.32. The average Bonchev–Trinajstić information content (AvgIpc) is 2.85. The molecule has 0 bridgehead atoms. The van der Waals surface area contributed by atoms with Crippen molar-refractivity contribution in [1.29, 1.82) is 0 Å². The number of sulfonamides is 1. The third-order valence-corrected chi connectivity index (χ3v) is 6.11. The number of nitrogens with two attached hydrogens (primary N) is 1. The number of benzene rings is 1. The van der Waals surface area contributed by atoms with Crippen molar-refractivity contribution in [2.75, 3.05) is 6.54 Å². The second-order valence-electron chi connectivity index (χ2n) is 5.96. The van der Waals surface area contributed by atoms with E-state index < -0.39 is 20.5 Å². The Bertz CT molecular complexity index is 671. The van der Waals surface area contributed by atoms with Crippen molar-refractivity contribution in [3.63, 3.8) is 0 Å². The van der Waals surface area contributed by atoms with Crippen molar-refractivity contribution in [3.05, 3.63) is 33.4 Å². The van der Waals surface area contributed by atoms with Gasteiger partial charge in [0.1, 0.15) is 0 Å². The zero-order valence-electron chi connectivity index (χ0n) is 12.8. The van der Waals surface area contributed by atoms with Gasteiger partial charge in [0.05, 0.1) is 9.82 Å². The zero-order chi connectivity index (χ0) is 16.5. The van der Waals surface area contributed by atoms with Gasteiger partial charge in [0.15, 0.2) is 0 Å². The summed E-state index contributed by atoms with van der Waals surface area (Å²) in [7, 11) is -3.77. The van der Waals surface area contributed by atoms with Gasteiger partial charge >= 0.3 is 0 Å². The summed E-state index contributed by atoms with van der Waals surface area (Å²) in [5.41, 5.74) is 5.80. The normalized spacial score (nSPS) is 17.6. The Morgan fingerprint density at radius 1 is 1.27 bits per heavy atom. The molecule has 0 unspecified atom stereocenters. The lowest BCUT2D eigenvalue weighted by Gasteiger charge is -2.29. The minimum atomic E-state index is -3.77. The molecule has 1 saturated carbocycles. The third kappa shape index (κ3) is 3.13. The van der Waals surface area contributed by atoms with Gasteiger partial charge in [-0.3, -0.25) is 10.1 Å². The van der Waals surface area contributed by atoms with E-state index in [2.05, 4.69) is 4.72 Å². The van der Waals surface area contributed by atoms with Crippen LogP contribution in [-0.2, 0) is 10.0 Å². The number of non-ortho nitro benzene ring substituents is 1. The van der Waals surface area contributed by atoms with Gasteiger partial charge in [0, 0.05) is 24.2 Å². The second kappa shape index (κ2) is 5.94. The van der Waals surface area contributed by atoms with Crippen molar-refractivity contribution in [3.8, 4) is 0 Å². The van der Waals surface area contributed by atoms with Crippen molar-refractivity contribution in [1.82, 2.24) is 4.72 Å². The molecule has 2 rings (SSSR count). The SMILES string of the molecule is Cc1cc([N+](=O)[O-])cc(C)c1S(=O)(=O)NC1(CN)CCCC1. The molecule has 0 aliphatic heterocycles. The number of aryl methyl sites for hydroxylation is 2. The number of hydrogen-bond acceptors (Lipinski definition) is 5. The quantitative estimate of drug-likeness (QED) is 0.631. The van der Waals surface area contributed by atoms with E-state index in [9.17, 15) is 18.5 Å². The minimum absolute atomic E-state index is 0.108. The van der Waals surface area contributed by atoms with Crippen LogP contribution in [0.3, 0.4) is 0 Å². The van der Waals surface area contributed by atoms with Gasteiger partial charge in [-0.2, -0.15) is 0 Å². The summed E-state index contributed by atoms with van der Waals surface area (Å²) in [5, 5.41) is 10.9. The number of nitro groups is 1. The summed E-state index contributed by atoms with van der Waals surface area (Å²) >= 11 is 0. The van der Waals surface area contributed by atoms with Gasteiger partial charge < -0.3 is 5.73 Å². The molecule has 1 aliphatic carbocycles. The van der Waals surface area contributed by atoms with Crippen LogP contribution in [-0.4, -0.2) is 25.4 Å². The van der Waals surface area contributed by atoms with E-state index in [1.165, 1.54) is 12.1 Å². The van der Waals surface area contributed by atoms with Crippen LogP contribution >= 0.6 is 0 Å². The Labute approximate surface area is 130 Å². The topological polar surface area (TPSA) is 115 Å². The van der Waals surface area contributed by atoms with Gasteiger partial charge in [-0.1, -0.05) is 12.8 Å². The molecule has 8 heteroatoms. The van der Waals surface area contributed by atoms with Crippen LogP contribution in [0.4, 0.5) is 5.69 Å². The Kier molecular flexibility index (Phi) is 4.55. The Morgan fingerprint density at radius 3 is 2.18 bits per heavy atom. The van der Waals surface area contributed by atoms with E-state index in [4.69, 9.17) is 5.73 Å². The first kappa shape index (κ1) is 16.9. The molecule has 22 heavy (non-hydrogen) atoms. The van der Waals surface area contributed by atoms with Crippen LogP contribution in [0.5, 0.6) is 0 Å². The molecule has 1 aromatic rings. The van der Waals surface area contributed by atoms with Crippen molar-refractivity contribution in [2.45, 2.75) is 50.0 Å². The van der Waals surface area contributed by atoms with Crippen LogP contribution in [0.25, 0.3) is 0 Å². The molecule has 0 atom stereocenters. The lowest BCUT2D eigenvalue weighted by Crippen LogP contribution is -2.51. The molecule has 0 spiro atoms. The van der Waals surface area contributed by atoms with E-state index >= 15 is 0 Å². The zero-order valence-corrected chi connectivity index (χ0v) is 13.6. The summed E-state index contributed by atoms with van der Waals surface area (Å²) in [6, 6.07) is 2.57. The van der Waals surface area contributed by atoms with Gasteiger partial charge in [-0.05, 0) is 37.8 Å².